The lowest BCUT2D eigenvalue weighted by Crippen LogP contribution is -2.00. The van der Waals surface area contributed by atoms with Gasteiger partial charge in [-0.25, -0.2) is 4.79 Å². The maximum atomic E-state index is 11.5. The van der Waals surface area contributed by atoms with Crippen molar-refractivity contribution in [3.63, 3.8) is 0 Å². The van der Waals surface area contributed by atoms with E-state index < -0.39 is 5.97 Å². The highest BCUT2D eigenvalue weighted by molar-refractivity contribution is 5.85. The second kappa shape index (κ2) is 4.95. The van der Waals surface area contributed by atoms with Gasteiger partial charge in [0.1, 0.15) is 5.78 Å². The Morgan fingerprint density at radius 1 is 1.24 bits per heavy atom. The molecule has 0 fully saturated rings. The van der Waals surface area contributed by atoms with Crippen LogP contribution in [0.4, 0.5) is 0 Å². The summed E-state index contributed by atoms with van der Waals surface area (Å²) in [7, 11) is 0. The van der Waals surface area contributed by atoms with Crippen LogP contribution in [0, 0.1) is 0 Å². The van der Waals surface area contributed by atoms with Crippen LogP contribution in [-0.4, -0.2) is 16.9 Å². The monoisotopic (exact) mass is 230 g/mol. The molecule has 1 aliphatic carbocycles. The molecule has 0 unspecified atom stereocenters. The first-order valence-electron chi connectivity index (χ1n) is 5.69. The van der Waals surface area contributed by atoms with Gasteiger partial charge in [-0.3, -0.25) is 4.79 Å². The van der Waals surface area contributed by atoms with Crippen molar-refractivity contribution in [1.82, 2.24) is 0 Å². The number of carboxylic acid groups (broad SMARTS) is 1. The maximum Gasteiger partial charge on any atom is 0.328 e. The molecule has 3 nitrogen and oxygen atoms in total. The Bertz CT molecular complexity index is 486. The van der Waals surface area contributed by atoms with Gasteiger partial charge in [0.25, 0.3) is 0 Å². The summed E-state index contributed by atoms with van der Waals surface area (Å²) in [4.78, 5) is 21.9. The predicted octanol–water partition coefficient (Wildman–Crippen LogP) is 2.23. The van der Waals surface area contributed by atoms with Crippen molar-refractivity contribution >= 4 is 17.8 Å². The fraction of sp³-hybridized carbons (Fsp3) is 0.286. The summed E-state index contributed by atoms with van der Waals surface area (Å²) in [5.41, 5.74) is 3.09. The fourth-order valence-electron chi connectivity index (χ4n) is 2.10. The maximum absolute atomic E-state index is 11.5. The largest absolute Gasteiger partial charge is 0.478 e. The van der Waals surface area contributed by atoms with Gasteiger partial charge in [-0.2, -0.15) is 0 Å². The molecular weight excluding hydrogens is 216 g/mol. The minimum atomic E-state index is -0.962. The minimum Gasteiger partial charge on any atom is -0.478 e. The molecule has 0 aromatic heterocycles. The van der Waals surface area contributed by atoms with Gasteiger partial charge >= 0.3 is 5.97 Å². The van der Waals surface area contributed by atoms with Crippen molar-refractivity contribution in [3.05, 3.63) is 41.0 Å². The van der Waals surface area contributed by atoms with E-state index in [1.165, 1.54) is 5.56 Å². The van der Waals surface area contributed by atoms with Gasteiger partial charge in [-0.05, 0) is 35.6 Å². The number of Topliss-reactive ketones (excluding diaryl/α,β-unsaturated/α-hetero) is 1. The lowest BCUT2D eigenvalue weighted by atomic mass is 10.00. The third-order valence-corrected chi connectivity index (χ3v) is 2.94. The van der Waals surface area contributed by atoms with E-state index in [1.807, 2.05) is 18.2 Å². The van der Waals surface area contributed by atoms with E-state index in [4.69, 9.17) is 5.11 Å². The molecular formula is C14H14O3. The molecule has 0 radical (unpaired) electrons. The van der Waals surface area contributed by atoms with Crippen molar-refractivity contribution < 1.29 is 14.7 Å². The molecule has 1 aromatic rings. The van der Waals surface area contributed by atoms with Crippen LogP contribution >= 0.6 is 0 Å². The molecule has 17 heavy (non-hydrogen) atoms. The minimum absolute atomic E-state index is 0.267. The molecule has 0 atom stereocenters. The van der Waals surface area contributed by atoms with Gasteiger partial charge in [0, 0.05) is 18.9 Å². The summed E-state index contributed by atoms with van der Waals surface area (Å²) in [5, 5.41) is 8.56. The number of fused-ring (bicyclic) bond motifs is 1. The van der Waals surface area contributed by atoms with E-state index in [2.05, 4.69) is 0 Å². The zero-order valence-electron chi connectivity index (χ0n) is 9.48. The molecule has 1 aliphatic rings. The zero-order chi connectivity index (χ0) is 12.3. The number of hydrogen-bond acceptors (Lipinski definition) is 2. The average Bonchev–Trinajstić information content (AvgIpc) is 2.46. The molecule has 0 saturated heterocycles. The molecule has 3 heteroatoms. The normalized spacial score (nSPS) is 15.6. The molecule has 0 saturated carbocycles. The number of aliphatic carboxylic acids is 1. The van der Waals surface area contributed by atoms with Crippen LogP contribution in [0.1, 0.15) is 29.5 Å². The van der Waals surface area contributed by atoms with Gasteiger partial charge < -0.3 is 5.11 Å². The first-order chi connectivity index (χ1) is 8.15. The van der Waals surface area contributed by atoms with E-state index in [0.717, 1.165) is 30.0 Å². The van der Waals surface area contributed by atoms with Crippen molar-refractivity contribution in [2.24, 2.45) is 0 Å². The average molecular weight is 230 g/mol. The number of benzene rings is 1. The Labute approximate surface area is 99.8 Å². The van der Waals surface area contributed by atoms with Gasteiger partial charge in [0.05, 0.1) is 0 Å². The highest BCUT2D eigenvalue weighted by Crippen LogP contribution is 2.20. The second-order valence-corrected chi connectivity index (χ2v) is 4.27. The predicted molar refractivity (Wildman–Crippen MR) is 64.8 cm³/mol. The smallest absolute Gasteiger partial charge is 0.328 e. The van der Waals surface area contributed by atoms with Crippen molar-refractivity contribution in [2.75, 3.05) is 0 Å². The number of carbonyl (C=O) groups excluding carboxylic acids is 1. The van der Waals surface area contributed by atoms with Crippen LogP contribution in [0.25, 0.3) is 6.08 Å². The summed E-state index contributed by atoms with van der Waals surface area (Å²) < 4.78 is 0. The van der Waals surface area contributed by atoms with Gasteiger partial charge in [-0.15, -0.1) is 0 Å². The summed E-state index contributed by atoms with van der Waals surface area (Å²) in [6, 6.07) is 5.81. The van der Waals surface area contributed by atoms with E-state index in [-0.39, 0.29) is 5.78 Å². The highest BCUT2D eigenvalue weighted by Gasteiger charge is 2.13. The number of carboxylic acids is 1. The quantitative estimate of drug-likeness (QED) is 0.626. The van der Waals surface area contributed by atoms with Gasteiger partial charge in [-0.1, -0.05) is 18.2 Å². The van der Waals surface area contributed by atoms with E-state index in [1.54, 1.807) is 6.08 Å². The van der Waals surface area contributed by atoms with Crippen molar-refractivity contribution in [1.29, 1.82) is 0 Å². The van der Waals surface area contributed by atoms with Crippen molar-refractivity contribution in [2.45, 2.75) is 25.7 Å². The van der Waals surface area contributed by atoms with Crippen LogP contribution in [0.2, 0.25) is 0 Å². The molecule has 1 N–H and O–H groups in total. The van der Waals surface area contributed by atoms with Crippen molar-refractivity contribution in [3.8, 4) is 0 Å². The van der Waals surface area contributed by atoms with Gasteiger partial charge in [0.2, 0.25) is 0 Å². The number of rotatable bonds is 2. The molecule has 0 aliphatic heterocycles. The second-order valence-electron chi connectivity index (χ2n) is 4.27. The Morgan fingerprint density at radius 2 is 2.06 bits per heavy atom. The fourth-order valence-corrected chi connectivity index (χ4v) is 2.10. The number of carbonyl (C=O) groups is 2. The SMILES string of the molecule is O=C(O)/C=C/c1ccc2c(c1)CC(=O)CCC2. The van der Waals surface area contributed by atoms with E-state index >= 15 is 0 Å². The lowest BCUT2D eigenvalue weighted by Gasteiger charge is -2.05. The Hall–Kier alpha value is -1.90. The van der Waals surface area contributed by atoms with Crippen LogP contribution in [0.15, 0.2) is 24.3 Å². The molecule has 0 bridgehead atoms. The van der Waals surface area contributed by atoms with Crippen LogP contribution in [0.5, 0.6) is 0 Å². The van der Waals surface area contributed by atoms with Crippen LogP contribution in [-0.2, 0) is 22.4 Å². The summed E-state index contributed by atoms with van der Waals surface area (Å²) in [5.74, 6) is -0.695. The highest BCUT2D eigenvalue weighted by atomic mass is 16.4. The Balaban J connectivity index is 2.29. The Kier molecular flexibility index (Phi) is 3.38. The standard InChI is InChI=1S/C14H14O3/c15-13-3-1-2-11-6-4-10(5-7-14(16)17)8-12(11)9-13/h4-8H,1-3,9H2,(H,16,17)/b7-5+. The summed E-state index contributed by atoms with van der Waals surface area (Å²) in [6.07, 6.45) is 5.64. The van der Waals surface area contributed by atoms with E-state index in [0.29, 0.717) is 12.8 Å². The lowest BCUT2D eigenvalue weighted by molar-refractivity contribution is -0.131. The summed E-state index contributed by atoms with van der Waals surface area (Å²) >= 11 is 0. The first-order valence-corrected chi connectivity index (χ1v) is 5.69. The van der Waals surface area contributed by atoms with Crippen LogP contribution < -0.4 is 0 Å². The molecule has 0 amide bonds. The van der Waals surface area contributed by atoms with E-state index in [9.17, 15) is 9.59 Å². The van der Waals surface area contributed by atoms with Crippen LogP contribution in [0.3, 0.4) is 0 Å². The molecule has 0 spiro atoms. The third kappa shape index (κ3) is 3.03. The summed E-state index contributed by atoms with van der Waals surface area (Å²) in [6.45, 7) is 0. The number of ketones is 1. The molecule has 1 aromatic carbocycles. The zero-order valence-corrected chi connectivity index (χ0v) is 9.48. The van der Waals surface area contributed by atoms with Gasteiger partial charge in [0.15, 0.2) is 0 Å². The Morgan fingerprint density at radius 3 is 2.82 bits per heavy atom. The molecule has 2 rings (SSSR count). The number of hydrogen-bond donors (Lipinski definition) is 1. The third-order valence-electron chi connectivity index (χ3n) is 2.94. The topological polar surface area (TPSA) is 54.4 Å². The number of aryl methyl sites for hydroxylation is 1. The first kappa shape index (κ1) is 11.6. The molecule has 0 heterocycles. The molecule has 88 valence electrons.